The first-order chi connectivity index (χ1) is 10.1. The number of nitrogens with two attached hydrogens (primary N) is 1. The van der Waals surface area contributed by atoms with Gasteiger partial charge < -0.3 is 26.2 Å². The molecule has 0 atom stereocenters. The van der Waals surface area contributed by atoms with Crippen molar-refractivity contribution in [2.24, 2.45) is 0 Å². The molecule has 0 saturated carbocycles. The van der Waals surface area contributed by atoms with Crippen molar-refractivity contribution in [2.45, 2.75) is 18.9 Å². The van der Waals surface area contributed by atoms with E-state index < -0.39 is 0 Å². The lowest BCUT2D eigenvalue weighted by Crippen LogP contribution is -2.42. The maximum atomic E-state index is 12.4. The number of piperidine rings is 1. The van der Waals surface area contributed by atoms with E-state index in [1.807, 2.05) is 0 Å². The highest BCUT2D eigenvalue weighted by Gasteiger charge is 2.20. The average Bonchev–Trinajstić information content (AvgIpc) is 2.49. The molecule has 0 radical (unpaired) electrons. The number of carbonyl (C=O) groups excluding carboxylic acids is 1. The van der Waals surface area contributed by atoms with Crippen molar-refractivity contribution in [3.8, 4) is 5.75 Å². The smallest absolute Gasteiger partial charge is 0.255 e. The lowest BCUT2D eigenvalue weighted by atomic mass is 10.1. The number of anilines is 1. The number of hydrogen-bond acceptors (Lipinski definition) is 5. The van der Waals surface area contributed by atoms with Gasteiger partial charge in [-0.2, -0.15) is 0 Å². The zero-order valence-corrected chi connectivity index (χ0v) is 12.4. The molecule has 6 nitrogen and oxygen atoms in total. The van der Waals surface area contributed by atoms with Crippen LogP contribution in [0, 0.1) is 0 Å². The minimum Gasteiger partial charge on any atom is -0.490 e. The number of carbonyl (C=O) groups is 1. The van der Waals surface area contributed by atoms with Crippen molar-refractivity contribution in [3.63, 3.8) is 0 Å². The molecule has 1 aliphatic heterocycles. The Morgan fingerprint density at radius 3 is 2.86 bits per heavy atom. The molecule has 1 aromatic carbocycles. The van der Waals surface area contributed by atoms with Crippen molar-refractivity contribution in [2.75, 3.05) is 32.0 Å². The summed E-state index contributed by atoms with van der Waals surface area (Å²) in [6.45, 7) is 1.73. The third kappa shape index (κ3) is 4.23. The number of rotatable bonds is 5. The van der Waals surface area contributed by atoms with Gasteiger partial charge in [-0.25, -0.2) is 0 Å². The fourth-order valence-electron chi connectivity index (χ4n) is 2.25. The number of benzene rings is 1. The van der Waals surface area contributed by atoms with E-state index in [2.05, 4.69) is 10.6 Å². The predicted octanol–water partition coefficient (Wildman–Crippen LogP) is 0.775. The largest absolute Gasteiger partial charge is 0.490 e. The molecule has 1 aliphatic rings. The summed E-state index contributed by atoms with van der Waals surface area (Å²) in [5.41, 5.74) is 6.40. The third-order valence-corrected chi connectivity index (χ3v) is 3.69. The number of ether oxygens (including phenoxy) is 1. The number of halogens is 1. The van der Waals surface area contributed by atoms with Crippen LogP contribution in [-0.2, 0) is 0 Å². The minimum absolute atomic E-state index is 0.0920. The highest BCUT2D eigenvalue weighted by molar-refractivity contribution is 6.33. The van der Waals surface area contributed by atoms with Crippen molar-refractivity contribution in [1.29, 1.82) is 0 Å². The van der Waals surface area contributed by atoms with E-state index >= 15 is 0 Å². The fourth-order valence-corrected chi connectivity index (χ4v) is 2.41. The van der Waals surface area contributed by atoms with E-state index in [9.17, 15) is 4.79 Å². The quantitative estimate of drug-likeness (QED) is 0.602. The van der Waals surface area contributed by atoms with Crippen LogP contribution < -0.4 is 21.1 Å². The van der Waals surface area contributed by atoms with E-state index in [0.717, 1.165) is 25.9 Å². The molecule has 1 saturated heterocycles. The van der Waals surface area contributed by atoms with Crippen LogP contribution in [0.4, 0.5) is 5.69 Å². The summed E-state index contributed by atoms with van der Waals surface area (Å²) >= 11 is 5.99. The Balaban J connectivity index is 2.15. The normalized spacial score (nSPS) is 15.7. The van der Waals surface area contributed by atoms with E-state index in [0.29, 0.717) is 22.0 Å². The van der Waals surface area contributed by atoms with Gasteiger partial charge in [0.15, 0.2) is 0 Å². The molecule has 1 fully saturated rings. The van der Waals surface area contributed by atoms with Gasteiger partial charge in [0.1, 0.15) is 12.4 Å². The number of nitrogen functional groups attached to an aromatic ring is 1. The van der Waals surface area contributed by atoms with Gasteiger partial charge in [0.05, 0.1) is 22.9 Å². The third-order valence-electron chi connectivity index (χ3n) is 3.37. The SMILES string of the molecule is Nc1cc(OCCO)c(C(=O)NC2CCNCC2)cc1Cl. The van der Waals surface area contributed by atoms with E-state index in [-0.39, 0.29) is 25.2 Å². The molecule has 1 aromatic rings. The molecule has 7 heteroatoms. The molecule has 2 rings (SSSR count). The Bertz CT molecular complexity index is 504. The molecule has 116 valence electrons. The van der Waals surface area contributed by atoms with Crippen LogP contribution in [0.15, 0.2) is 12.1 Å². The van der Waals surface area contributed by atoms with Crippen molar-refractivity contribution >= 4 is 23.2 Å². The van der Waals surface area contributed by atoms with Gasteiger partial charge in [-0.1, -0.05) is 11.6 Å². The molecule has 5 N–H and O–H groups in total. The topological polar surface area (TPSA) is 96.6 Å². The van der Waals surface area contributed by atoms with Crippen LogP contribution in [-0.4, -0.2) is 43.4 Å². The van der Waals surface area contributed by atoms with Crippen LogP contribution in [0.3, 0.4) is 0 Å². The Labute approximate surface area is 128 Å². The van der Waals surface area contributed by atoms with Crippen LogP contribution >= 0.6 is 11.6 Å². The van der Waals surface area contributed by atoms with Gasteiger partial charge in [0.25, 0.3) is 5.91 Å². The van der Waals surface area contributed by atoms with Gasteiger partial charge in [-0.15, -0.1) is 0 Å². The molecule has 1 heterocycles. The first-order valence-electron chi connectivity index (χ1n) is 6.96. The van der Waals surface area contributed by atoms with Crippen LogP contribution in [0.25, 0.3) is 0 Å². The summed E-state index contributed by atoms with van der Waals surface area (Å²) in [4.78, 5) is 12.4. The van der Waals surface area contributed by atoms with Crippen molar-refractivity contribution < 1.29 is 14.6 Å². The van der Waals surface area contributed by atoms with E-state index in [1.54, 1.807) is 0 Å². The molecular formula is C14H20ClN3O3. The second-order valence-corrected chi connectivity index (χ2v) is 5.35. The number of aliphatic hydroxyl groups is 1. The zero-order chi connectivity index (χ0) is 15.2. The molecule has 0 unspecified atom stereocenters. The maximum Gasteiger partial charge on any atom is 0.255 e. The molecule has 0 spiro atoms. The summed E-state index contributed by atoms with van der Waals surface area (Å²) in [5.74, 6) is 0.0918. The second-order valence-electron chi connectivity index (χ2n) is 4.94. The average molecular weight is 314 g/mol. The minimum atomic E-state index is -0.239. The second kappa shape index (κ2) is 7.49. The van der Waals surface area contributed by atoms with Crippen molar-refractivity contribution in [1.82, 2.24) is 10.6 Å². The number of aliphatic hydroxyl groups excluding tert-OH is 1. The highest BCUT2D eigenvalue weighted by atomic mass is 35.5. The summed E-state index contributed by atoms with van der Waals surface area (Å²) in [6.07, 6.45) is 1.78. The Hall–Kier alpha value is -1.50. The fraction of sp³-hybridized carbons (Fsp3) is 0.500. The van der Waals surface area contributed by atoms with E-state index in [1.165, 1.54) is 12.1 Å². The van der Waals surface area contributed by atoms with Gasteiger partial charge in [-0.3, -0.25) is 4.79 Å². The van der Waals surface area contributed by atoms with Gasteiger partial charge in [0, 0.05) is 12.1 Å². The van der Waals surface area contributed by atoms with Crippen LogP contribution in [0.5, 0.6) is 5.75 Å². The molecule has 0 aliphatic carbocycles. The maximum absolute atomic E-state index is 12.4. The lowest BCUT2D eigenvalue weighted by Gasteiger charge is -2.24. The molecule has 1 amide bonds. The first-order valence-corrected chi connectivity index (χ1v) is 7.34. The van der Waals surface area contributed by atoms with Gasteiger partial charge >= 0.3 is 0 Å². The summed E-state index contributed by atoms with van der Waals surface area (Å²) in [7, 11) is 0. The number of nitrogens with one attached hydrogen (secondary N) is 2. The number of hydrogen-bond donors (Lipinski definition) is 4. The standard InChI is InChI=1S/C14H20ClN3O3/c15-11-7-10(13(8-12(11)16)21-6-5-19)14(20)18-9-1-3-17-4-2-9/h7-9,17,19H,1-6,16H2,(H,18,20). The number of amides is 1. The van der Waals surface area contributed by atoms with E-state index in [4.69, 9.17) is 27.2 Å². The van der Waals surface area contributed by atoms with Gasteiger partial charge in [-0.05, 0) is 32.0 Å². The Morgan fingerprint density at radius 2 is 2.19 bits per heavy atom. The Kier molecular flexibility index (Phi) is 5.67. The highest BCUT2D eigenvalue weighted by Crippen LogP contribution is 2.29. The molecule has 0 aromatic heterocycles. The summed E-state index contributed by atoms with van der Waals surface area (Å²) < 4.78 is 5.37. The monoisotopic (exact) mass is 313 g/mol. The van der Waals surface area contributed by atoms with Crippen molar-refractivity contribution in [3.05, 3.63) is 22.7 Å². The first kappa shape index (κ1) is 15.9. The Morgan fingerprint density at radius 1 is 1.48 bits per heavy atom. The lowest BCUT2D eigenvalue weighted by molar-refractivity contribution is 0.0924. The molecule has 0 bridgehead atoms. The molecular weight excluding hydrogens is 294 g/mol. The summed E-state index contributed by atoms with van der Waals surface area (Å²) in [5, 5.41) is 15.4. The zero-order valence-electron chi connectivity index (χ0n) is 11.7. The van der Waals surface area contributed by atoms with Crippen LogP contribution in [0.2, 0.25) is 5.02 Å². The summed E-state index contributed by atoms with van der Waals surface area (Å²) in [6, 6.07) is 3.15. The van der Waals surface area contributed by atoms with Crippen LogP contribution in [0.1, 0.15) is 23.2 Å². The molecule has 21 heavy (non-hydrogen) atoms. The van der Waals surface area contributed by atoms with Gasteiger partial charge in [0.2, 0.25) is 0 Å². The predicted molar refractivity (Wildman–Crippen MR) is 81.8 cm³/mol.